The molecule has 0 saturated heterocycles. The van der Waals surface area contributed by atoms with Gasteiger partial charge in [-0.2, -0.15) is 5.26 Å². The number of hydrogen-bond acceptors (Lipinski definition) is 3. The van der Waals surface area contributed by atoms with Crippen molar-refractivity contribution in [1.82, 2.24) is 4.98 Å². The molecule has 0 radical (unpaired) electrons. The summed E-state index contributed by atoms with van der Waals surface area (Å²) in [7, 11) is 0. The van der Waals surface area contributed by atoms with Crippen molar-refractivity contribution in [3.05, 3.63) is 64.9 Å². The standard InChI is InChI=1S/C20H14ClN3O/c21-16-4-3-14(10-22)17(9-16)13-2-1-12-8-18(24-11-15(12)7-13)20(5-6-20)19(23)25/h1-4,7-9,11H,5-6H2,(H2,23,25). The van der Waals surface area contributed by atoms with Gasteiger partial charge in [0.15, 0.2) is 0 Å². The molecule has 0 atom stereocenters. The molecule has 0 aliphatic heterocycles. The first kappa shape index (κ1) is 15.6. The highest BCUT2D eigenvalue weighted by atomic mass is 35.5. The molecule has 0 unspecified atom stereocenters. The summed E-state index contributed by atoms with van der Waals surface area (Å²) in [5.41, 5.74) is 7.94. The van der Waals surface area contributed by atoms with Gasteiger partial charge in [0.1, 0.15) is 0 Å². The molecule has 4 nitrogen and oxygen atoms in total. The minimum absolute atomic E-state index is 0.312. The number of halogens is 1. The van der Waals surface area contributed by atoms with Crippen LogP contribution in [0.2, 0.25) is 5.02 Å². The van der Waals surface area contributed by atoms with Crippen molar-refractivity contribution in [1.29, 1.82) is 5.26 Å². The summed E-state index contributed by atoms with van der Waals surface area (Å²) in [6, 6.07) is 15.2. The van der Waals surface area contributed by atoms with Gasteiger partial charge in [-0.05, 0) is 54.1 Å². The Labute approximate surface area is 149 Å². The molecule has 0 bridgehead atoms. The van der Waals surface area contributed by atoms with Gasteiger partial charge in [0.25, 0.3) is 0 Å². The SMILES string of the molecule is N#Cc1ccc(Cl)cc1-c1ccc2cc(C3(C(N)=O)CC3)ncc2c1. The number of hydrogen-bond donors (Lipinski definition) is 1. The van der Waals surface area contributed by atoms with Crippen LogP contribution >= 0.6 is 11.6 Å². The van der Waals surface area contributed by atoms with E-state index in [9.17, 15) is 10.1 Å². The van der Waals surface area contributed by atoms with Crippen LogP contribution in [0, 0.1) is 11.3 Å². The number of nitrogens with zero attached hydrogens (tertiary/aromatic N) is 2. The highest BCUT2D eigenvalue weighted by Crippen LogP contribution is 2.47. The second kappa shape index (κ2) is 5.58. The van der Waals surface area contributed by atoms with Crippen LogP contribution in [-0.2, 0) is 10.2 Å². The summed E-state index contributed by atoms with van der Waals surface area (Å²) in [5.74, 6) is -0.312. The van der Waals surface area contributed by atoms with Crippen LogP contribution in [0.25, 0.3) is 21.9 Å². The number of nitriles is 1. The molecule has 1 fully saturated rings. The lowest BCUT2D eigenvalue weighted by Gasteiger charge is -2.12. The van der Waals surface area contributed by atoms with Crippen LogP contribution < -0.4 is 5.73 Å². The summed E-state index contributed by atoms with van der Waals surface area (Å²) in [6.45, 7) is 0. The third kappa shape index (κ3) is 2.54. The Morgan fingerprint density at radius 1 is 1.16 bits per heavy atom. The van der Waals surface area contributed by atoms with E-state index in [-0.39, 0.29) is 5.91 Å². The van der Waals surface area contributed by atoms with Crippen LogP contribution in [0.5, 0.6) is 0 Å². The zero-order chi connectivity index (χ0) is 17.6. The van der Waals surface area contributed by atoms with Gasteiger partial charge in [0, 0.05) is 22.2 Å². The number of primary amides is 1. The van der Waals surface area contributed by atoms with E-state index in [0.29, 0.717) is 10.6 Å². The summed E-state index contributed by atoms with van der Waals surface area (Å²) < 4.78 is 0. The normalized spacial score (nSPS) is 14.9. The molecule has 1 aromatic heterocycles. The average molecular weight is 348 g/mol. The van der Waals surface area contributed by atoms with Crippen molar-refractivity contribution < 1.29 is 4.79 Å². The zero-order valence-corrected chi connectivity index (χ0v) is 14.0. The molecule has 0 spiro atoms. The molecule has 1 heterocycles. The molecule has 25 heavy (non-hydrogen) atoms. The van der Waals surface area contributed by atoms with E-state index in [1.807, 2.05) is 24.3 Å². The monoisotopic (exact) mass is 347 g/mol. The van der Waals surface area contributed by atoms with Gasteiger partial charge in [0.2, 0.25) is 5.91 Å². The molecule has 2 aromatic carbocycles. The minimum Gasteiger partial charge on any atom is -0.369 e. The molecular formula is C20H14ClN3O. The van der Waals surface area contributed by atoms with E-state index >= 15 is 0 Å². The van der Waals surface area contributed by atoms with Gasteiger partial charge in [-0.1, -0.05) is 23.7 Å². The van der Waals surface area contributed by atoms with Gasteiger partial charge < -0.3 is 5.73 Å². The molecule has 1 aliphatic carbocycles. The van der Waals surface area contributed by atoms with Crippen LogP contribution in [0.3, 0.4) is 0 Å². The summed E-state index contributed by atoms with van der Waals surface area (Å²) in [6.07, 6.45) is 3.27. The Bertz CT molecular complexity index is 1060. The first-order valence-corrected chi connectivity index (χ1v) is 8.31. The Morgan fingerprint density at radius 3 is 2.64 bits per heavy atom. The molecule has 3 aromatic rings. The second-order valence-corrected chi connectivity index (χ2v) is 6.82. The number of nitrogens with two attached hydrogens (primary N) is 1. The molecule has 122 valence electrons. The maximum absolute atomic E-state index is 11.7. The van der Waals surface area contributed by atoms with Gasteiger partial charge in [-0.3, -0.25) is 9.78 Å². The van der Waals surface area contributed by atoms with Crippen molar-refractivity contribution in [2.75, 3.05) is 0 Å². The number of benzene rings is 2. The Morgan fingerprint density at radius 2 is 1.96 bits per heavy atom. The quantitative estimate of drug-likeness (QED) is 0.779. The van der Waals surface area contributed by atoms with E-state index < -0.39 is 5.41 Å². The lowest BCUT2D eigenvalue weighted by molar-refractivity contribution is -0.120. The number of amides is 1. The third-order valence-electron chi connectivity index (χ3n) is 4.85. The van der Waals surface area contributed by atoms with Gasteiger partial charge in [-0.25, -0.2) is 0 Å². The van der Waals surface area contributed by atoms with E-state index in [2.05, 4.69) is 11.1 Å². The fourth-order valence-electron chi connectivity index (χ4n) is 3.18. The maximum Gasteiger partial charge on any atom is 0.229 e. The molecule has 1 aliphatic rings. The second-order valence-electron chi connectivity index (χ2n) is 6.38. The summed E-state index contributed by atoms with van der Waals surface area (Å²) in [5, 5.41) is 11.8. The Hall–Kier alpha value is -2.90. The van der Waals surface area contributed by atoms with Crippen molar-refractivity contribution in [2.45, 2.75) is 18.3 Å². The van der Waals surface area contributed by atoms with E-state index in [0.717, 1.165) is 40.4 Å². The predicted molar refractivity (Wildman–Crippen MR) is 97.0 cm³/mol. The van der Waals surface area contributed by atoms with Crippen LogP contribution in [0.1, 0.15) is 24.1 Å². The highest BCUT2D eigenvalue weighted by molar-refractivity contribution is 6.31. The van der Waals surface area contributed by atoms with E-state index in [1.165, 1.54) is 0 Å². The number of carbonyl (C=O) groups excluding carboxylic acids is 1. The van der Waals surface area contributed by atoms with Crippen molar-refractivity contribution >= 4 is 28.3 Å². The number of carbonyl (C=O) groups is 1. The molecule has 4 rings (SSSR count). The zero-order valence-electron chi connectivity index (χ0n) is 13.3. The average Bonchev–Trinajstić information content (AvgIpc) is 3.43. The molecule has 1 amide bonds. The minimum atomic E-state index is -0.589. The number of aromatic nitrogens is 1. The first-order valence-electron chi connectivity index (χ1n) is 7.94. The van der Waals surface area contributed by atoms with Gasteiger partial charge in [0.05, 0.1) is 22.7 Å². The van der Waals surface area contributed by atoms with Crippen LogP contribution in [0.15, 0.2) is 48.7 Å². The Kier molecular flexibility index (Phi) is 3.48. The van der Waals surface area contributed by atoms with Crippen molar-refractivity contribution in [2.24, 2.45) is 5.73 Å². The number of pyridine rings is 1. The predicted octanol–water partition coefficient (Wildman–Crippen LogP) is 3.94. The topological polar surface area (TPSA) is 79.8 Å². The smallest absolute Gasteiger partial charge is 0.229 e. The van der Waals surface area contributed by atoms with Crippen molar-refractivity contribution in [3.63, 3.8) is 0 Å². The lowest BCUT2D eigenvalue weighted by atomic mass is 9.96. The summed E-state index contributed by atoms with van der Waals surface area (Å²) in [4.78, 5) is 16.2. The molecule has 5 heteroatoms. The van der Waals surface area contributed by atoms with E-state index in [4.69, 9.17) is 17.3 Å². The summed E-state index contributed by atoms with van der Waals surface area (Å²) >= 11 is 6.08. The lowest BCUT2D eigenvalue weighted by Crippen LogP contribution is -2.29. The largest absolute Gasteiger partial charge is 0.369 e. The number of rotatable bonds is 3. The fraction of sp³-hybridized carbons (Fsp3) is 0.150. The molecule has 2 N–H and O–H groups in total. The third-order valence-corrected chi connectivity index (χ3v) is 5.08. The van der Waals surface area contributed by atoms with Crippen molar-refractivity contribution in [3.8, 4) is 17.2 Å². The first-order chi connectivity index (χ1) is 12.0. The van der Waals surface area contributed by atoms with E-state index in [1.54, 1.807) is 24.4 Å². The molecule has 1 saturated carbocycles. The van der Waals surface area contributed by atoms with Gasteiger partial charge in [-0.15, -0.1) is 0 Å². The maximum atomic E-state index is 11.7. The van der Waals surface area contributed by atoms with Gasteiger partial charge >= 0.3 is 0 Å². The highest BCUT2D eigenvalue weighted by Gasteiger charge is 2.51. The number of fused-ring (bicyclic) bond motifs is 1. The van der Waals surface area contributed by atoms with Crippen LogP contribution in [-0.4, -0.2) is 10.9 Å². The molecular weight excluding hydrogens is 334 g/mol. The van der Waals surface area contributed by atoms with Crippen LogP contribution in [0.4, 0.5) is 0 Å². The Balaban J connectivity index is 1.82. The fourth-order valence-corrected chi connectivity index (χ4v) is 3.35.